The van der Waals surface area contributed by atoms with E-state index in [9.17, 15) is 4.39 Å². The third-order valence-electron chi connectivity index (χ3n) is 3.70. The first-order chi connectivity index (χ1) is 9.70. The lowest BCUT2D eigenvalue weighted by Crippen LogP contribution is -2.38. The molecule has 1 aromatic heterocycles. The monoisotopic (exact) mass is 293 g/mol. The molecule has 5 heteroatoms. The maximum Gasteiger partial charge on any atom is 0.184 e. The van der Waals surface area contributed by atoms with Gasteiger partial charge in [0.15, 0.2) is 5.13 Å². The Morgan fingerprint density at radius 2 is 2.15 bits per heavy atom. The summed E-state index contributed by atoms with van der Waals surface area (Å²) < 4.78 is 14.1. The summed E-state index contributed by atoms with van der Waals surface area (Å²) in [6.07, 6.45) is 3.99. The molecule has 0 bridgehead atoms. The Bertz CT molecular complexity index is 578. The second kappa shape index (κ2) is 6.06. The minimum absolute atomic E-state index is 0.200. The van der Waals surface area contributed by atoms with Gasteiger partial charge in [-0.1, -0.05) is 17.8 Å². The molecule has 1 aliphatic heterocycles. The Morgan fingerprint density at radius 3 is 2.95 bits per heavy atom. The second-order valence-electron chi connectivity index (χ2n) is 5.54. The molecule has 3 nitrogen and oxygen atoms in total. The smallest absolute Gasteiger partial charge is 0.184 e. The molecule has 1 aliphatic rings. The molecule has 3 rings (SSSR count). The summed E-state index contributed by atoms with van der Waals surface area (Å²) in [5.74, 6) is -0.200. The van der Waals surface area contributed by atoms with Crippen LogP contribution >= 0.6 is 11.3 Å². The van der Waals surface area contributed by atoms with Crippen molar-refractivity contribution in [2.24, 2.45) is 0 Å². The number of piperidine rings is 1. The number of aromatic nitrogens is 1. The van der Waals surface area contributed by atoms with E-state index < -0.39 is 0 Å². The second-order valence-corrected chi connectivity index (χ2v) is 6.57. The lowest BCUT2D eigenvalue weighted by Gasteiger charge is -2.29. The molecule has 2 aromatic rings. The number of nitrogens with one attached hydrogen (secondary N) is 1. The maximum absolute atomic E-state index is 13.2. The van der Waals surface area contributed by atoms with Crippen molar-refractivity contribution in [2.45, 2.75) is 32.2 Å². The molecule has 0 radical (unpaired) electrons. The van der Waals surface area contributed by atoms with Crippen molar-refractivity contribution >= 4 is 26.7 Å². The van der Waals surface area contributed by atoms with Crippen molar-refractivity contribution in [2.75, 3.05) is 25.0 Å². The standard InChI is InChI=1S/C15H20FN3S/c1-11(10-19-7-3-2-4-8-19)17-15-18-13-6-5-12(16)9-14(13)20-15/h5-6,9,11H,2-4,7-8,10H2,1H3,(H,17,18). The molecule has 2 heterocycles. The number of hydrogen-bond donors (Lipinski definition) is 1. The highest BCUT2D eigenvalue weighted by atomic mass is 32.1. The maximum atomic E-state index is 13.2. The number of halogens is 1. The van der Waals surface area contributed by atoms with E-state index in [1.54, 1.807) is 12.1 Å². The number of hydrogen-bond acceptors (Lipinski definition) is 4. The zero-order valence-electron chi connectivity index (χ0n) is 11.7. The van der Waals surface area contributed by atoms with Crippen LogP contribution in [0, 0.1) is 5.82 Å². The van der Waals surface area contributed by atoms with E-state index in [1.807, 2.05) is 0 Å². The minimum atomic E-state index is -0.200. The van der Waals surface area contributed by atoms with Gasteiger partial charge in [-0.2, -0.15) is 0 Å². The van der Waals surface area contributed by atoms with Gasteiger partial charge in [0, 0.05) is 12.6 Å². The van der Waals surface area contributed by atoms with Crippen LogP contribution in [0.2, 0.25) is 0 Å². The summed E-state index contributed by atoms with van der Waals surface area (Å²) >= 11 is 1.52. The Kier molecular flexibility index (Phi) is 4.17. The van der Waals surface area contributed by atoms with E-state index in [-0.39, 0.29) is 5.82 Å². The van der Waals surface area contributed by atoms with Crippen molar-refractivity contribution in [3.05, 3.63) is 24.0 Å². The van der Waals surface area contributed by atoms with E-state index in [0.717, 1.165) is 21.9 Å². The summed E-state index contributed by atoms with van der Waals surface area (Å²) in [7, 11) is 0. The van der Waals surface area contributed by atoms with E-state index in [0.29, 0.717) is 6.04 Å². The predicted octanol–water partition coefficient (Wildman–Crippen LogP) is 3.72. The van der Waals surface area contributed by atoms with E-state index in [1.165, 1.54) is 49.8 Å². The SMILES string of the molecule is CC(CN1CCCCC1)Nc1nc2ccc(F)cc2s1. The van der Waals surface area contributed by atoms with Crippen molar-refractivity contribution in [3.63, 3.8) is 0 Å². The molecule has 1 atom stereocenters. The fourth-order valence-corrected chi connectivity index (χ4v) is 3.75. The van der Waals surface area contributed by atoms with Crippen molar-refractivity contribution in [1.82, 2.24) is 9.88 Å². The van der Waals surface area contributed by atoms with E-state index in [4.69, 9.17) is 0 Å². The van der Waals surface area contributed by atoms with Crippen LogP contribution in [-0.4, -0.2) is 35.6 Å². The number of fused-ring (bicyclic) bond motifs is 1. The summed E-state index contributed by atoms with van der Waals surface area (Å²) in [6.45, 7) is 5.64. The molecule has 20 heavy (non-hydrogen) atoms. The summed E-state index contributed by atoms with van der Waals surface area (Å²) in [4.78, 5) is 7.02. The van der Waals surface area contributed by atoms with Gasteiger partial charge < -0.3 is 10.2 Å². The first-order valence-electron chi connectivity index (χ1n) is 7.26. The van der Waals surface area contributed by atoms with Gasteiger partial charge in [0.2, 0.25) is 0 Å². The number of anilines is 1. The normalized spacial score (nSPS) is 18.3. The number of rotatable bonds is 4. The van der Waals surface area contributed by atoms with Crippen LogP contribution in [0.1, 0.15) is 26.2 Å². The average Bonchev–Trinajstić information content (AvgIpc) is 2.80. The fraction of sp³-hybridized carbons (Fsp3) is 0.533. The number of benzene rings is 1. The predicted molar refractivity (Wildman–Crippen MR) is 83.0 cm³/mol. The molecule has 108 valence electrons. The highest BCUT2D eigenvalue weighted by Gasteiger charge is 2.14. The summed E-state index contributed by atoms with van der Waals surface area (Å²) in [5.41, 5.74) is 0.865. The van der Waals surface area contributed by atoms with Gasteiger partial charge in [-0.05, 0) is 51.1 Å². The molecule has 0 amide bonds. The van der Waals surface area contributed by atoms with Gasteiger partial charge in [-0.15, -0.1) is 0 Å². The largest absolute Gasteiger partial charge is 0.358 e. The molecule has 1 N–H and O–H groups in total. The van der Waals surface area contributed by atoms with Crippen molar-refractivity contribution in [1.29, 1.82) is 0 Å². The Hall–Kier alpha value is -1.20. The number of likely N-dealkylation sites (tertiary alicyclic amines) is 1. The third kappa shape index (κ3) is 3.27. The van der Waals surface area contributed by atoms with Crippen molar-refractivity contribution < 1.29 is 4.39 Å². The Morgan fingerprint density at radius 1 is 1.35 bits per heavy atom. The molecule has 1 saturated heterocycles. The van der Waals surface area contributed by atoms with Crippen LogP contribution in [0.5, 0.6) is 0 Å². The Balaban J connectivity index is 1.63. The molecule has 1 fully saturated rings. The summed E-state index contributed by atoms with van der Waals surface area (Å²) in [5, 5.41) is 4.33. The van der Waals surface area contributed by atoms with E-state index >= 15 is 0 Å². The van der Waals surface area contributed by atoms with E-state index in [2.05, 4.69) is 22.1 Å². The molecule has 0 aliphatic carbocycles. The van der Waals surface area contributed by atoms with Gasteiger partial charge in [0.25, 0.3) is 0 Å². The fourth-order valence-electron chi connectivity index (χ4n) is 2.75. The zero-order chi connectivity index (χ0) is 13.9. The van der Waals surface area contributed by atoms with Gasteiger partial charge >= 0.3 is 0 Å². The average molecular weight is 293 g/mol. The molecule has 0 saturated carbocycles. The minimum Gasteiger partial charge on any atom is -0.358 e. The number of nitrogens with zero attached hydrogens (tertiary/aromatic N) is 2. The van der Waals surface area contributed by atoms with Gasteiger partial charge in [0.1, 0.15) is 5.82 Å². The number of thiazole rings is 1. The molecule has 1 aromatic carbocycles. The molecule has 1 unspecified atom stereocenters. The lowest BCUT2D eigenvalue weighted by molar-refractivity contribution is 0.223. The van der Waals surface area contributed by atoms with Crippen LogP contribution in [-0.2, 0) is 0 Å². The molecule has 0 spiro atoms. The van der Waals surface area contributed by atoms with Crippen LogP contribution < -0.4 is 5.32 Å². The Labute approximate surface area is 122 Å². The van der Waals surface area contributed by atoms with Crippen LogP contribution in [0.15, 0.2) is 18.2 Å². The first-order valence-corrected chi connectivity index (χ1v) is 8.07. The van der Waals surface area contributed by atoms with Gasteiger partial charge in [-0.3, -0.25) is 0 Å². The van der Waals surface area contributed by atoms with Gasteiger partial charge in [-0.25, -0.2) is 9.37 Å². The first kappa shape index (κ1) is 13.8. The third-order valence-corrected chi connectivity index (χ3v) is 4.65. The summed E-state index contributed by atoms with van der Waals surface area (Å²) in [6, 6.07) is 5.11. The van der Waals surface area contributed by atoms with Crippen LogP contribution in [0.25, 0.3) is 10.2 Å². The van der Waals surface area contributed by atoms with Crippen LogP contribution in [0.3, 0.4) is 0 Å². The lowest BCUT2D eigenvalue weighted by atomic mass is 10.1. The topological polar surface area (TPSA) is 28.2 Å². The quantitative estimate of drug-likeness (QED) is 0.931. The van der Waals surface area contributed by atoms with Gasteiger partial charge in [0.05, 0.1) is 10.2 Å². The van der Waals surface area contributed by atoms with Crippen molar-refractivity contribution in [3.8, 4) is 0 Å². The molecular weight excluding hydrogens is 273 g/mol. The van der Waals surface area contributed by atoms with Crippen LogP contribution in [0.4, 0.5) is 9.52 Å². The highest BCUT2D eigenvalue weighted by Crippen LogP contribution is 2.27. The highest BCUT2D eigenvalue weighted by molar-refractivity contribution is 7.22. The molecular formula is C15H20FN3S. The zero-order valence-corrected chi connectivity index (χ0v) is 12.5.